The summed E-state index contributed by atoms with van der Waals surface area (Å²) in [6.07, 6.45) is 2.81. The van der Waals surface area contributed by atoms with Crippen LogP contribution in [0.15, 0.2) is 34.8 Å². The first-order valence-electron chi connectivity index (χ1n) is 7.48. The van der Waals surface area contributed by atoms with Crippen LogP contribution in [0.25, 0.3) is 0 Å². The van der Waals surface area contributed by atoms with Crippen molar-refractivity contribution in [1.82, 2.24) is 15.1 Å². The van der Waals surface area contributed by atoms with Crippen molar-refractivity contribution in [1.29, 1.82) is 0 Å². The van der Waals surface area contributed by atoms with Gasteiger partial charge in [-0.2, -0.15) is 5.10 Å². The average molecular weight is 377 g/mol. The molecule has 6 nitrogen and oxygen atoms in total. The Bertz CT molecular complexity index is 743. The maximum absolute atomic E-state index is 12.9. The van der Waals surface area contributed by atoms with Crippen molar-refractivity contribution in [2.75, 3.05) is 6.54 Å². The van der Waals surface area contributed by atoms with Crippen molar-refractivity contribution in [2.45, 2.75) is 25.3 Å². The molecule has 2 aromatic rings. The molecular formula is C16H17BrN4O2. The molecule has 1 fully saturated rings. The number of likely N-dealkylation sites (tertiary alicyclic amines) is 1. The number of halogens is 1. The van der Waals surface area contributed by atoms with Crippen molar-refractivity contribution in [3.05, 3.63) is 51.8 Å². The number of H-pyrrole nitrogens is 1. The Kier molecular flexibility index (Phi) is 4.47. The summed E-state index contributed by atoms with van der Waals surface area (Å²) in [5, 5.41) is 6.78. The van der Waals surface area contributed by atoms with E-state index < -0.39 is 5.91 Å². The van der Waals surface area contributed by atoms with Gasteiger partial charge in [0.05, 0.1) is 17.3 Å². The Balaban J connectivity index is 1.90. The van der Waals surface area contributed by atoms with E-state index in [9.17, 15) is 9.59 Å². The van der Waals surface area contributed by atoms with Gasteiger partial charge in [-0.3, -0.25) is 14.7 Å². The molecule has 3 rings (SSSR count). The summed E-state index contributed by atoms with van der Waals surface area (Å²) in [6, 6.07) is 8.90. The summed E-state index contributed by atoms with van der Waals surface area (Å²) in [5.74, 6) is -0.607. The van der Waals surface area contributed by atoms with E-state index in [-0.39, 0.29) is 17.6 Å². The van der Waals surface area contributed by atoms with E-state index in [1.165, 1.54) is 0 Å². The molecule has 1 aromatic heterocycles. The van der Waals surface area contributed by atoms with Crippen LogP contribution in [-0.2, 0) is 0 Å². The molecule has 2 heterocycles. The SMILES string of the molecule is NC(=O)c1cc([C@H]2CCCCN2C(=O)c2ccccc2Br)[nH]n1. The van der Waals surface area contributed by atoms with Crippen LogP contribution in [0.4, 0.5) is 0 Å². The Morgan fingerprint density at radius 3 is 2.78 bits per heavy atom. The molecular weight excluding hydrogens is 360 g/mol. The van der Waals surface area contributed by atoms with Gasteiger partial charge in [-0.15, -0.1) is 0 Å². The molecule has 23 heavy (non-hydrogen) atoms. The summed E-state index contributed by atoms with van der Waals surface area (Å²) in [7, 11) is 0. The zero-order valence-corrected chi connectivity index (χ0v) is 14.0. The van der Waals surface area contributed by atoms with E-state index in [0.29, 0.717) is 12.1 Å². The Morgan fingerprint density at radius 2 is 2.09 bits per heavy atom. The predicted octanol–water partition coefficient (Wildman–Crippen LogP) is 2.64. The number of nitrogens with two attached hydrogens (primary N) is 1. The molecule has 7 heteroatoms. The third kappa shape index (κ3) is 3.14. The summed E-state index contributed by atoms with van der Waals surface area (Å²) >= 11 is 3.43. The highest BCUT2D eigenvalue weighted by Crippen LogP contribution is 2.32. The minimum absolute atomic E-state index is 0.0302. The van der Waals surface area contributed by atoms with Crippen molar-refractivity contribution in [3.8, 4) is 0 Å². The smallest absolute Gasteiger partial charge is 0.269 e. The zero-order chi connectivity index (χ0) is 16.4. The molecule has 1 aromatic carbocycles. The number of carbonyl (C=O) groups excluding carboxylic acids is 2. The number of hydrogen-bond acceptors (Lipinski definition) is 3. The topological polar surface area (TPSA) is 92.1 Å². The van der Waals surface area contributed by atoms with Crippen LogP contribution in [0.3, 0.4) is 0 Å². The number of piperidine rings is 1. The van der Waals surface area contributed by atoms with Crippen LogP contribution in [-0.4, -0.2) is 33.5 Å². The fourth-order valence-corrected chi connectivity index (χ4v) is 3.38. The highest BCUT2D eigenvalue weighted by atomic mass is 79.9. The van der Waals surface area contributed by atoms with Gasteiger partial charge >= 0.3 is 0 Å². The molecule has 0 aliphatic carbocycles. The highest BCUT2D eigenvalue weighted by molar-refractivity contribution is 9.10. The van der Waals surface area contributed by atoms with E-state index in [4.69, 9.17) is 5.73 Å². The van der Waals surface area contributed by atoms with Gasteiger partial charge in [0.25, 0.3) is 11.8 Å². The van der Waals surface area contributed by atoms with E-state index in [0.717, 1.165) is 29.4 Å². The number of rotatable bonds is 3. The van der Waals surface area contributed by atoms with Gasteiger partial charge in [0, 0.05) is 11.0 Å². The molecule has 120 valence electrons. The number of benzene rings is 1. The van der Waals surface area contributed by atoms with Gasteiger partial charge in [0.15, 0.2) is 0 Å². The normalized spacial score (nSPS) is 18.0. The molecule has 2 amide bonds. The first kappa shape index (κ1) is 15.7. The second kappa shape index (κ2) is 6.54. The van der Waals surface area contributed by atoms with Crippen molar-refractivity contribution in [3.63, 3.8) is 0 Å². The number of amides is 2. The Labute approximate surface area is 142 Å². The van der Waals surface area contributed by atoms with Gasteiger partial charge < -0.3 is 10.6 Å². The fraction of sp³-hybridized carbons (Fsp3) is 0.312. The Morgan fingerprint density at radius 1 is 1.30 bits per heavy atom. The number of aromatic amines is 1. The lowest BCUT2D eigenvalue weighted by molar-refractivity contribution is 0.0605. The van der Waals surface area contributed by atoms with Crippen molar-refractivity contribution >= 4 is 27.7 Å². The molecule has 1 atom stereocenters. The Hall–Kier alpha value is -2.15. The molecule has 0 radical (unpaired) electrons. The van der Waals surface area contributed by atoms with E-state index in [2.05, 4.69) is 26.1 Å². The van der Waals surface area contributed by atoms with Gasteiger partial charge in [-0.05, 0) is 53.4 Å². The molecule has 1 aliphatic rings. The van der Waals surface area contributed by atoms with E-state index in [1.807, 2.05) is 23.1 Å². The minimum atomic E-state index is -0.577. The number of hydrogen-bond donors (Lipinski definition) is 2. The number of primary amides is 1. The monoisotopic (exact) mass is 376 g/mol. The number of nitrogens with zero attached hydrogens (tertiary/aromatic N) is 2. The fourth-order valence-electron chi connectivity index (χ4n) is 2.92. The summed E-state index contributed by atoms with van der Waals surface area (Å²) in [6.45, 7) is 0.676. The largest absolute Gasteiger partial charge is 0.364 e. The van der Waals surface area contributed by atoms with Crippen molar-refractivity contribution in [2.24, 2.45) is 5.73 Å². The van der Waals surface area contributed by atoms with E-state index >= 15 is 0 Å². The lowest BCUT2D eigenvalue weighted by atomic mass is 9.98. The predicted molar refractivity (Wildman–Crippen MR) is 88.9 cm³/mol. The quantitative estimate of drug-likeness (QED) is 0.861. The van der Waals surface area contributed by atoms with Crippen LogP contribution in [0.2, 0.25) is 0 Å². The molecule has 0 unspecified atom stereocenters. The van der Waals surface area contributed by atoms with E-state index in [1.54, 1.807) is 12.1 Å². The summed E-state index contributed by atoms with van der Waals surface area (Å²) < 4.78 is 0.775. The van der Waals surface area contributed by atoms with Crippen molar-refractivity contribution < 1.29 is 9.59 Å². The number of nitrogens with one attached hydrogen (secondary N) is 1. The summed E-state index contributed by atoms with van der Waals surface area (Å²) in [5.41, 5.74) is 6.83. The molecule has 3 N–H and O–H groups in total. The van der Waals surface area contributed by atoms with Gasteiger partial charge in [0.2, 0.25) is 0 Å². The minimum Gasteiger partial charge on any atom is -0.364 e. The van der Waals surface area contributed by atoms with Gasteiger partial charge in [-0.1, -0.05) is 12.1 Å². The molecule has 0 bridgehead atoms. The first-order valence-corrected chi connectivity index (χ1v) is 8.28. The maximum Gasteiger partial charge on any atom is 0.269 e. The zero-order valence-electron chi connectivity index (χ0n) is 12.5. The average Bonchev–Trinajstić information content (AvgIpc) is 3.05. The molecule has 0 spiro atoms. The van der Waals surface area contributed by atoms with Gasteiger partial charge in [-0.25, -0.2) is 0 Å². The standard InChI is InChI=1S/C16H17BrN4O2/c17-11-6-2-1-5-10(11)16(23)21-8-4-3-7-14(21)12-9-13(15(18)22)20-19-12/h1-2,5-6,9,14H,3-4,7-8H2,(H2,18,22)(H,19,20)/t14-/m1/s1. The molecule has 0 saturated carbocycles. The second-order valence-electron chi connectivity index (χ2n) is 5.56. The highest BCUT2D eigenvalue weighted by Gasteiger charge is 2.31. The van der Waals surface area contributed by atoms with Crippen LogP contribution in [0, 0.1) is 0 Å². The van der Waals surface area contributed by atoms with Crippen LogP contribution < -0.4 is 5.73 Å². The first-order chi connectivity index (χ1) is 11.1. The number of carbonyl (C=O) groups is 2. The third-order valence-electron chi connectivity index (χ3n) is 4.08. The van der Waals surface area contributed by atoms with Crippen LogP contribution in [0.1, 0.15) is 51.8 Å². The third-order valence-corrected chi connectivity index (χ3v) is 4.77. The lowest BCUT2D eigenvalue weighted by Gasteiger charge is -2.35. The van der Waals surface area contributed by atoms with Crippen LogP contribution in [0.5, 0.6) is 0 Å². The van der Waals surface area contributed by atoms with Gasteiger partial charge in [0.1, 0.15) is 5.69 Å². The summed E-state index contributed by atoms with van der Waals surface area (Å²) in [4.78, 5) is 26.0. The second-order valence-corrected chi connectivity index (χ2v) is 6.42. The molecule has 1 saturated heterocycles. The number of aromatic nitrogens is 2. The van der Waals surface area contributed by atoms with Crippen LogP contribution >= 0.6 is 15.9 Å². The molecule has 1 aliphatic heterocycles. The lowest BCUT2D eigenvalue weighted by Crippen LogP contribution is -2.38. The maximum atomic E-state index is 12.9.